The number of anilines is 1. The molecule has 0 aliphatic carbocycles. The third-order valence-corrected chi connectivity index (χ3v) is 3.72. The van der Waals surface area contributed by atoms with Gasteiger partial charge in [-0.2, -0.15) is 0 Å². The Morgan fingerprint density at radius 3 is 2.45 bits per heavy atom. The minimum absolute atomic E-state index is 0.273. The van der Waals surface area contributed by atoms with Gasteiger partial charge in [-0.3, -0.25) is 4.79 Å². The van der Waals surface area contributed by atoms with Gasteiger partial charge in [-0.15, -0.1) is 12.3 Å². The number of hydrogen-bond acceptors (Lipinski definition) is 2. The van der Waals surface area contributed by atoms with Crippen LogP contribution in [0.25, 0.3) is 0 Å². The second-order valence-corrected chi connectivity index (χ2v) is 5.11. The maximum absolute atomic E-state index is 12.1. The minimum atomic E-state index is 0.273. The highest BCUT2D eigenvalue weighted by atomic mass is 16.2. The van der Waals surface area contributed by atoms with Crippen LogP contribution >= 0.6 is 0 Å². The third-order valence-electron chi connectivity index (χ3n) is 3.72. The highest BCUT2D eigenvalue weighted by molar-refractivity contribution is 5.76. The molecule has 0 radical (unpaired) electrons. The number of hydrogen-bond donors (Lipinski definition) is 0. The van der Waals surface area contributed by atoms with Crippen LogP contribution in [0.5, 0.6) is 0 Å². The van der Waals surface area contributed by atoms with Crippen molar-refractivity contribution < 1.29 is 4.79 Å². The number of benzene rings is 1. The van der Waals surface area contributed by atoms with Crippen LogP contribution in [0, 0.1) is 12.3 Å². The molecule has 2 rings (SSSR count). The monoisotopic (exact) mass is 270 g/mol. The highest BCUT2D eigenvalue weighted by Gasteiger charge is 2.20. The zero-order valence-corrected chi connectivity index (χ0v) is 11.9. The van der Waals surface area contributed by atoms with Gasteiger partial charge in [0.25, 0.3) is 0 Å². The van der Waals surface area contributed by atoms with E-state index in [2.05, 4.69) is 35.1 Å². The predicted molar refractivity (Wildman–Crippen MR) is 82.5 cm³/mol. The molecule has 1 aromatic rings. The van der Waals surface area contributed by atoms with Crippen LogP contribution in [0.3, 0.4) is 0 Å². The van der Waals surface area contributed by atoms with Crippen molar-refractivity contribution in [2.75, 3.05) is 31.1 Å². The third kappa shape index (κ3) is 4.03. The fraction of sp³-hybridized carbons (Fsp3) is 0.471. The van der Waals surface area contributed by atoms with Gasteiger partial charge in [0.05, 0.1) is 0 Å². The zero-order chi connectivity index (χ0) is 14.2. The van der Waals surface area contributed by atoms with Crippen LogP contribution in [0.4, 0.5) is 5.69 Å². The molecule has 1 saturated heterocycles. The average Bonchev–Trinajstić information content (AvgIpc) is 2.52. The van der Waals surface area contributed by atoms with Gasteiger partial charge in [-0.1, -0.05) is 18.2 Å². The van der Waals surface area contributed by atoms with Crippen molar-refractivity contribution in [1.82, 2.24) is 4.90 Å². The number of rotatable bonds is 5. The van der Waals surface area contributed by atoms with Gasteiger partial charge in [-0.25, -0.2) is 0 Å². The topological polar surface area (TPSA) is 23.6 Å². The lowest BCUT2D eigenvalue weighted by Crippen LogP contribution is -2.48. The molecule has 1 amide bonds. The summed E-state index contributed by atoms with van der Waals surface area (Å²) in [6.45, 7) is 3.48. The Morgan fingerprint density at radius 2 is 1.80 bits per heavy atom. The van der Waals surface area contributed by atoms with Crippen LogP contribution in [0.15, 0.2) is 30.3 Å². The minimum Gasteiger partial charge on any atom is -0.368 e. The van der Waals surface area contributed by atoms with E-state index < -0.39 is 0 Å². The van der Waals surface area contributed by atoms with Gasteiger partial charge in [0.2, 0.25) is 5.91 Å². The summed E-state index contributed by atoms with van der Waals surface area (Å²) in [7, 11) is 0. The number of amides is 1. The molecular formula is C17H22N2O. The number of nitrogens with zero attached hydrogens (tertiary/aromatic N) is 2. The standard InChI is InChI=1S/C17H22N2O/c1-2-3-4-8-11-17(20)19-14-12-18(13-15-19)16-9-6-5-7-10-16/h1,5-7,9-10H,3-4,8,11-15H2. The first-order chi connectivity index (χ1) is 9.81. The lowest BCUT2D eigenvalue weighted by Gasteiger charge is -2.36. The fourth-order valence-electron chi connectivity index (χ4n) is 2.51. The molecule has 3 nitrogen and oxygen atoms in total. The van der Waals surface area contributed by atoms with Gasteiger partial charge < -0.3 is 9.80 Å². The molecule has 1 heterocycles. The number of piperazine rings is 1. The van der Waals surface area contributed by atoms with E-state index in [1.807, 2.05) is 11.0 Å². The van der Waals surface area contributed by atoms with Gasteiger partial charge in [-0.05, 0) is 25.0 Å². The molecule has 0 aromatic heterocycles. The summed E-state index contributed by atoms with van der Waals surface area (Å²) < 4.78 is 0. The lowest BCUT2D eigenvalue weighted by molar-refractivity contribution is -0.131. The SMILES string of the molecule is C#CCCCCC(=O)N1CCN(c2ccccc2)CC1. The maximum Gasteiger partial charge on any atom is 0.222 e. The number of para-hydroxylation sites is 1. The van der Waals surface area contributed by atoms with E-state index in [9.17, 15) is 4.79 Å². The molecular weight excluding hydrogens is 248 g/mol. The predicted octanol–water partition coefficient (Wildman–Crippen LogP) is 2.53. The molecule has 0 spiro atoms. The van der Waals surface area contributed by atoms with Crippen LogP contribution < -0.4 is 4.90 Å². The van der Waals surface area contributed by atoms with Crippen LogP contribution in [-0.2, 0) is 4.79 Å². The Morgan fingerprint density at radius 1 is 1.10 bits per heavy atom. The molecule has 3 heteroatoms. The first kappa shape index (κ1) is 14.5. The van der Waals surface area contributed by atoms with Crippen molar-refractivity contribution in [2.45, 2.75) is 25.7 Å². The number of carbonyl (C=O) groups is 1. The fourth-order valence-corrected chi connectivity index (χ4v) is 2.51. The van der Waals surface area contributed by atoms with Gasteiger partial charge in [0, 0.05) is 44.7 Å². The molecule has 1 aromatic carbocycles. The van der Waals surface area contributed by atoms with Crippen LogP contribution in [0.1, 0.15) is 25.7 Å². The zero-order valence-electron chi connectivity index (χ0n) is 11.9. The first-order valence-corrected chi connectivity index (χ1v) is 7.32. The number of carbonyl (C=O) groups excluding carboxylic acids is 1. The molecule has 1 aliphatic heterocycles. The van der Waals surface area contributed by atoms with Crippen molar-refractivity contribution in [3.8, 4) is 12.3 Å². The summed E-state index contributed by atoms with van der Waals surface area (Å²) in [5.74, 6) is 2.89. The van der Waals surface area contributed by atoms with Crippen molar-refractivity contribution >= 4 is 11.6 Å². The van der Waals surface area contributed by atoms with E-state index in [1.165, 1.54) is 5.69 Å². The van der Waals surface area contributed by atoms with Crippen LogP contribution in [0.2, 0.25) is 0 Å². The van der Waals surface area contributed by atoms with Crippen molar-refractivity contribution in [2.24, 2.45) is 0 Å². The molecule has 0 unspecified atom stereocenters. The van der Waals surface area contributed by atoms with E-state index in [1.54, 1.807) is 0 Å². The molecule has 0 bridgehead atoms. The summed E-state index contributed by atoms with van der Waals surface area (Å²) in [6, 6.07) is 10.4. The second kappa shape index (κ2) is 7.59. The Bertz CT molecular complexity index is 456. The van der Waals surface area contributed by atoms with Crippen molar-refractivity contribution in [3.63, 3.8) is 0 Å². The van der Waals surface area contributed by atoms with Crippen molar-refractivity contribution in [1.29, 1.82) is 0 Å². The van der Waals surface area contributed by atoms with Crippen molar-refractivity contribution in [3.05, 3.63) is 30.3 Å². The van der Waals surface area contributed by atoms with Gasteiger partial charge in [0.15, 0.2) is 0 Å². The summed E-state index contributed by atoms with van der Waals surface area (Å²) in [5, 5.41) is 0. The normalized spacial score (nSPS) is 14.9. The number of unbranched alkanes of at least 4 members (excludes halogenated alkanes) is 2. The Hall–Kier alpha value is -1.95. The summed E-state index contributed by atoms with van der Waals surface area (Å²) >= 11 is 0. The molecule has 1 fully saturated rings. The van der Waals surface area contributed by atoms with E-state index in [-0.39, 0.29) is 5.91 Å². The second-order valence-electron chi connectivity index (χ2n) is 5.11. The van der Waals surface area contributed by atoms with Crippen LogP contribution in [-0.4, -0.2) is 37.0 Å². The molecule has 20 heavy (non-hydrogen) atoms. The van der Waals surface area contributed by atoms with E-state index in [0.29, 0.717) is 6.42 Å². The Labute approximate surface area is 121 Å². The quantitative estimate of drug-likeness (QED) is 0.606. The maximum atomic E-state index is 12.1. The van der Waals surface area contributed by atoms with Gasteiger partial charge in [0.1, 0.15) is 0 Å². The highest BCUT2D eigenvalue weighted by Crippen LogP contribution is 2.16. The van der Waals surface area contributed by atoms with E-state index >= 15 is 0 Å². The first-order valence-electron chi connectivity index (χ1n) is 7.32. The molecule has 0 saturated carbocycles. The summed E-state index contributed by atoms with van der Waals surface area (Å²) in [6.07, 6.45) is 8.47. The Kier molecular flexibility index (Phi) is 5.49. The largest absolute Gasteiger partial charge is 0.368 e. The van der Waals surface area contributed by atoms with Gasteiger partial charge >= 0.3 is 0 Å². The summed E-state index contributed by atoms with van der Waals surface area (Å²) in [4.78, 5) is 16.4. The molecule has 106 valence electrons. The lowest BCUT2D eigenvalue weighted by atomic mass is 10.1. The number of terminal acetylenes is 1. The smallest absolute Gasteiger partial charge is 0.222 e. The molecule has 0 atom stereocenters. The van der Waals surface area contributed by atoms with E-state index in [0.717, 1.165) is 45.4 Å². The summed E-state index contributed by atoms with van der Waals surface area (Å²) in [5.41, 5.74) is 1.24. The Balaban J connectivity index is 1.74. The molecule has 1 aliphatic rings. The van der Waals surface area contributed by atoms with E-state index in [4.69, 9.17) is 6.42 Å². The average molecular weight is 270 g/mol. The molecule has 0 N–H and O–H groups in total.